The van der Waals surface area contributed by atoms with Gasteiger partial charge < -0.3 is 0 Å². The highest BCUT2D eigenvalue weighted by Crippen LogP contribution is 2.33. The van der Waals surface area contributed by atoms with Gasteiger partial charge in [0.25, 0.3) is 0 Å². The quantitative estimate of drug-likeness (QED) is 0.705. The molecule has 0 radical (unpaired) electrons. The van der Waals surface area contributed by atoms with Gasteiger partial charge >= 0.3 is 0 Å². The van der Waals surface area contributed by atoms with E-state index in [9.17, 15) is 8.42 Å². The third-order valence-electron chi connectivity index (χ3n) is 2.92. The molecule has 0 bridgehead atoms. The summed E-state index contributed by atoms with van der Waals surface area (Å²) in [5.41, 5.74) is 0. The summed E-state index contributed by atoms with van der Waals surface area (Å²) in [4.78, 5) is 0.606. The molecule has 0 aliphatic heterocycles. The van der Waals surface area contributed by atoms with Crippen molar-refractivity contribution >= 4 is 26.0 Å². The van der Waals surface area contributed by atoms with Gasteiger partial charge in [-0.2, -0.15) is 0 Å². The maximum atomic E-state index is 11.8. The van der Waals surface area contributed by atoms with Crippen LogP contribution in [-0.4, -0.2) is 36.9 Å². The van der Waals surface area contributed by atoms with Crippen molar-refractivity contribution in [1.29, 1.82) is 0 Å². The second-order valence-corrected chi connectivity index (χ2v) is 7.88. The maximum Gasteiger partial charge on any atom is 0.213 e. The molecule has 5 heteroatoms. The summed E-state index contributed by atoms with van der Waals surface area (Å²) in [6, 6.07) is 0. The molecule has 3 nitrogen and oxygen atoms in total. The Labute approximate surface area is 101 Å². The zero-order valence-corrected chi connectivity index (χ0v) is 11.8. The normalized spacial score (nSPS) is 26.7. The molecule has 0 N–H and O–H groups in total. The zero-order valence-electron chi connectivity index (χ0n) is 9.45. The standard InChI is InChI=1S/C10H20BrNO2S/c1-3-4-5-15(13,14)12(2)8-9-6-10(11)7-9/h9-10H,3-8H2,1-2H3. The van der Waals surface area contributed by atoms with E-state index in [1.165, 1.54) is 4.31 Å². The predicted molar refractivity (Wildman–Crippen MR) is 66.8 cm³/mol. The molecule has 1 aliphatic carbocycles. The Kier molecular flexibility index (Phi) is 5.06. The molecule has 0 aromatic rings. The molecular formula is C10H20BrNO2S. The van der Waals surface area contributed by atoms with Gasteiger partial charge in [-0.15, -0.1) is 0 Å². The summed E-state index contributed by atoms with van der Waals surface area (Å²) in [6.45, 7) is 2.70. The van der Waals surface area contributed by atoms with Gasteiger partial charge in [-0.05, 0) is 25.2 Å². The second-order valence-electron chi connectivity index (χ2n) is 4.38. The van der Waals surface area contributed by atoms with Crippen molar-refractivity contribution in [3.05, 3.63) is 0 Å². The monoisotopic (exact) mass is 297 g/mol. The second kappa shape index (κ2) is 5.64. The molecule has 1 saturated carbocycles. The first-order chi connectivity index (χ1) is 6.95. The number of hydrogen-bond donors (Lipinski definition) is 0. The fourth-order valence-corrected chi connectivity index (χ4v) is 4.22. The van der Waals surface area contributed by atoms with E-state index in [2.05, 4.69) is 15.9 Å². The molecule has 0 unspecified atom stereocenters. The predicted octanol–water partition coefficient (Wildman–Crippen LogP) is 2.22. The number of rotatable bonds is 6. The van der Waals surface area contributed by atoms with Crippen LogP contribution in [0.15, 0.2) is 0 Å². The minimum absolute atomic E-state index is 0.296. The molecule has 0 amide bonds. The number of unbranched alkanes of at least 4 members (excludes halogenated alkanes) is 1. The van der Waals surface area contributed by atoms with E-state index in [0.717, 1.165) is 25.7 Å². The Hall–Kier alpha value is 0.390. The van der Waals surface area contributed by atoms with Crippen LogP contribution in [0.2, 0.25) is 0 Å². The Morgan fingerprint density at radius 1 is 1.40 bits per heavy atom. The highest BCUT2D eigenvalue weighted by Gasteiger charge is 2.30. The fourth-order valence-electron chi connectivity index (χ4n) is 1.76. The number of halogens is 1. The SMILES string of the molecule is CCCCS(=O)(=O)N(C)CC1CC(Br)C1. The Morgan fingerprint density at radius 2 is 2.00 bits per heavy atom. The van der Waals surface area contributed by atoms with Gasteiger partial charge in [0, 0.05) is 18.4 Å². The number of hydrogen-bond acceptors (Lipinski definition) is 2. The van der Waals surface area contributed by atoms with Crippen molar-refractivity contribution in [2.75, 3.05) is 19.3 Å². The molecule has 1 aliphatic rings. The zero-order chi connectivity index (χ0) is 11.5. The van der Waals surface area contributed by atoms with Gasteiger partial charge in [-0.1, -0.05) is 29.3 Å². The average molecular weight is 298 g/mol. The molecule has 0 aromatic carbocycles. The van der Waals surface area contributed by atoms with Crippen molar-refractivity contribution in [2.24, 2.45) is 5.92 Å². The maximum absolute atomic E-state index is 11.8. The molecule has 0 saturated heterocycles. The molecule has 1 rings (SSSR count). The van der Waals surface area contributed by atoms with Gasteiger partial charge in [0.1, 0.15) is 0 Å². The van der Waals surface area contributed by atoms with Crippen LogP contribution in [0.25, 0.3) is 0 Å². The van der Waals surface area contributed by atoms with Crippen LogP contribution >= 0.6 is 15.9 Å². The molecule has 15 heavy (non-hydrogen) atoms. The van der Waals surface area contributed by atoms with E-state index >= 15 is 0 Å². The smallest absolute Gasteiger partial charge is 0.212 e. The highest BCUT2D eigenvalue weighted by atomic mass is 79.9. The molecule has 0 aromatic heterocycles. The van der Waals surface area contributed by atoms with Crippen LogP contribution in [-0.2, 0) is 10.0 Å². The molecule has 0 heterocycles. The summed E-state index contributed by atoms with van der Waals surface area (Å²) in [6.07, 6.45) is 3.90. The van der Waals surface area contributed by atoms with E-state index in [4.69, 9.17) is 0 Å². The van der Waals surface area contributed by atoms with Crippen LogP contribution in [0.4, 0.5) is 0 Å². The lowest BCUT2D eigenvalue weighted by Gasteiger charge is -2.34. The topological polar surface area (TPSA) is 37.4 Å². The van der Waals surface area contributed by atoms with E-state index in [0.29, 0.717) is 23.0 Å². The van der Waals surface area contributed by atoms with Crippen molar-refractivity contribution < 1.29 is 8.42 Å². The molecule has 0 atom stereocenters. The Balaban J connectivity index is 2.35. The van der Waals surface area contributed by atoms with Crippen molar-refractivity contribution in [3.8, 4) is 0 Å². The highest BCUT2D eigenvalue weighted by molar-refractivity contribution is 9.09. The van der Waals surface area contributed by atoms with Gasteiger partial charge in [-0.3, -0.25) is 0 Å². The number of alkyl halides is 1. The summed E-state index contributed by atoms with van der Waals surface area (Å²) in [5, 5.41) is 0. The van der Waals surface area contributed by atoms with Gasteiger partial charge in [-0.25, -0.2) is 12.7 Å². The van der Waals surface area contributed by atoms with Gasteiger partial charge in [0.15, 0.2) is 0 Å². The van der Waals surface area contributed by atoms with Crippen molar-refractivity contribution in [2.45, 2.75) is 37.4 Å². The summed E-state index contributed by atoms with van der Waals surface area (Å²) in [5.74, 6) is 0.848. The lowest BCUT2D eigenvalue weighted by Crippen LogP contribution is -2.38. The third-order valence-corrected chi connectivity index (χ3v) is 5.58. The Bertz CT molecular complexity index is 286. The van der Waals surface area contributed by atoms with Crippen molar-refractivity contribution in [3.63, 3.8) is 0 Å². The summed E-state index contributed by atoms with van der Waals surface area (Å²) < 4.78 is 25.1. The van der Waals surface area contributed by atoms with Crippen LogP contribution in [0.1, 0.15) is 32.6 Å². The van der Waals surface area contributed by atoms with E-state index in [1.54, 1.807) is 7.05 Å². The first kappa shape index (κ1) is 13.5. The Morgan fingerprint density at radius 3 is 2.47 bits per heavy atom. The van der Waals surface area contributed by atoms with Gasteiger partial charge in [0.2, 0.25) is 10.0 Å². The molecule has 90 valence electrons. The van der Waals surface area contributed by atoms with Crippen LogP contribution in [0, 0.1) is 5.92 Å². The summed E-state index contributed by atoms with van der Waals surface area (Å²) in [7, 11) is -1.29. The first-order valence-corrected chi connectivity index (χ1v) is 8.06. The fraction of sp³-hybridized carbons (Fsp3) is 1.00. The molecule has 1 fully saturated rings. The van der Waals surface area contributed by atoms with Gasteiger partial charge in [0.05, 0.1) is 5.75 Å². The van der Waals surface area contributed by atoms with Crippen LogP contribution in [0.3, 0.4) is 0 Å². The lowest BCUT2D eigenvalue weighted by molar-refractivity contribution is 0.275. The van der Waals surface area contributed by atoms with E-state index in [-0.39, 0.29) is 0 Å². The number of sulfonamides is 1. The molecular weight excluding hydrogens is 278 g/mol. The average Bonchev–Trinajstić information content (AvgIpc) is 2.12. The van der Waals surface area contributed by atoms with Crippen LogP contribution in [0.5, 0.6) is 0 Å². The third kappa shape index (κ3) is 4.04. The van der Waals surface area contributed by atoms with E-state index in [1.807, 2.05) is 6.92 Å². The first-order valence-electron chi connectivity index (χ1n) is 5.53. The lowest BCUT2D eigenvalue weighted by atomic mass is 9.85. The molecule has 0 spiro atoms. The van der Waals surface area contributed by atoms with Crippen LogP contribution < -0.4 is 0 Å². The van der Waals surface area contributed by atoms with Crippen molar-refractivity contribution in [1.82, 2.24) is 4.31 Å². The summed E-state index contributed by atoms with van der Waals surface area (Å²) >= 11 is 3.51. The minimum Gasteiger partial charge on any atom is -0.212 e. The number of nitrogens with zero attached hydrogens (tertiary/aromatic N) is 1. The largest absolute Gasteiger partial charge is 0.213 e. The van der Waals surface area contributed by atoms with E-state index < -0.39 is 10.0 Å². The minimum atomic E-state index is -2.99.